The molecule has 0 spiro atoms. The first-order valence-corrected chi connectivity index (χ1v) is 9.78. The zero-order chi connectivity index (χ0) is 20.2. The van der Waals surface area contributed by atoms with E-state index in [1.807, 2.05) is 36.4 Å². The summed E-state index contributed by atoms with van der Waals surface area (Å²) in [5.41, 5.74) is 2.75. The van der Waals surface area contributed by atoms with Crippen molar-refractivity contribution in [3.05, 3.63) is 66.2 Å². The highest BCUT2D eigenvalue weighted by atomic mass is 16.6. The molecule has 0 aliphatic carbocycles. The maximum atomic E-state index is 12.3. The van der Waals surface area contributed by atoms with Gasteiger partial charge in [0.1, 0.15) is 18.5 Å². The molecule has 1 amide bonds. The summed E-state index contributed by atoms with van der Waals surface area (Å²) >= 11 is 0. The first kappa shape index (κ1) is 19.4. The van der Waals surface area contributed by atoms with Crippen LogP contribution in [0.5, 0.6) is 5.75 Å². The quantitative estimate of drug-likeness (QED) is 0.660. The van der Waals surface area contributed by atoms with E-state index in [-0.39, 0.29) is 12.0 Å². The van der Waals surface area contributed by atoms with E-state index in [2.05, 4.69) is 24.3 Å². The minimum absolute atomic E-state index is 0.00256. The molecule has 0 aromatic heterocycles. The van der Waals surface area contributed by atoms with Gasteiger partial charge in [0.05, 0.1) is 19.8 Å². The number of carbonyl (C=O) groups excluding carboxylic acids is 1. The van der Waals surface area contributed by atoms with Crippen LogP contribution in [0.1, 0.15) is 10.4 Å². The van der Waals surface area contributed by atoms with E-state index in [1.165, 1.54) is 0 Å². The normalized spacial score (nSPS) is 16.6. The third kappa shape index (κ3) is 4.58. The van der Waals surface area contributed by atoms with Crippen LogP contribution < -0.4 is 4.74 Å². The zero-order valence-electron chi connectivity index (χ0n) is 16.8. The molecule has 1 atom stereocenters. The molecule has 1 aliphatic rings. The molecule has 29 heavy (non-hydrogen) atoms. The van der Waals surface area contributed by atoms with Crippen molar-refractivity contribution in [2.75, 3.05) is 40.5 Å². The Morgan fingerprint density at radius 1 is 1.00 bits per heavy atom. The van der Waals surface area contributed by atoms with E-state index in [9.17, 15) is 4.79 Å². The molecule has 1 aliphatic heterocycles. The second kappa shape index (κ2) is 8.64. The Bertz CT molecular complexity index is 1010. The molecule has 0 N–H and O–H groups in total. The van der Waals surface area contributed by atoms with Gasteiger partial charge in [-0.3, -0.25) is 4.79 Å². The van der Waals surface area contributed by atoms with E-state index in [4.69, 9.17) is 14.2 Å². The van der Waals surface area contributed by atoms with Crippen LogP contribution in [0, 0.1) is 0 Å². The number of rotatable bonds is 5. The minimum atomic E-state index is -0.0252. The van der Waals surface area contributed by atoms with Crippen LogP contribution in [0.25, 0.3) is 21.9 Å². The second-order valence-corrected chi connectivity index (χ2v) is 7.38. The topological polar surface area (TPSA) is 48.0 Å². The number of hydrogen-bond acceptors (Lipinski definition) is 4. The lowest BCUT2D eigenvalue weighted by Gasteiger charge is -2.23. The summed E-state index contributed by atoms with van der Waals surface area (Å²) in [6.07, 6.45) is -0.0252. The third-order valence-electron chi connectivity index (χ3n) is 4.98. The largest absolute Gasteiger partial charge is 0.491 e. The number of benzene rings is 3. The Morgan fingerprint density at radius 3 is 2.62 bits per heavy atom. The van der Waals surface area contributed by atoms with Gasteiger partial charge in [0.2, 0.25) is 0 Å². The van der Waals surface area contributed by atoms with Gasteiger partial charge in [0, 0.05) is 19.7 Å². The van der Waals surface area contributed by atoms with Gasteiger partial charge in [-0.15, -0.1) is 0 Å². The molecule has 5 heteroatoms. The van der Waals surface area contributed by atoms with Crippen LogP contribution >= 0.6 is 0 Å². The standard InChI is InChI=1S/C24H25NO4/c1-25(2)24(26)20-5-3-4-18(12-20)19-7-6-17-8-9-22(14-21(17)13-19)29-16-23-15-27-10-11-28-23/h3-9,12-14,23H,10-11,15-16H2,1-2H3. The summed E-state index contributed by atoms with van der Waals surface area (Å²) in [5.74, 6) is 0.803. The highest BCUT2D eigenvalue weighted by molar-refractivity contribution is 5.95. The van der Waals surface area contributed by atoms with Crippen molar-refractivity contribution < 1.29 is 19.0 Å². The average Bonchev–Trinajstić information content (AvgIpc) is 2.77. The highest BCUT2D eigenvalue weighted by Gasteiger charge is 2.15. The summed E-state index contributed by atoms with van der Waals surface area (Å²) in [7, 11) is 3.52. The van der Waals surface area contributed by atoms with Crippen LogP contribution in [0.15, 0.2) is 60.7 Å². The maximum absolute atomic E-state index is 12.3. The average molecular weight is 391 g/mol. The van der Waals surface area contributed by atoms with E-state index in [0.29, 0.717) is 32.0 Å². The molecule has 1 saturated heterocycles. The predicted octanol–water partition coefficient (Wildman–Crippen LogP) is 4.00. The monoisotopic (exact) mass is 391 g/mol. The summed E-state index contributed by atoms with van der Waals surface area (Å²) in [6.45, 7) is 2.31. The van der Waals surface area contributed by atoms with Gasteiger partial charge in [-0.05, 0) is 52.2 Å². The zero-order valence-corrected chi connectivity index (χ0v) is 16.8. The fraction of sp³-hybridized carbons (Fsp3) is 0.292. The summed E-state index contributed by atoms with van der Waals surface area (Å²) in [5, 5.41) is 2.23. The number of fused-ring (bicyclic) bond motifs is 1. The second-order valence-electron chi connectivity index (χ2n) is 7.38. The van der Waals surface area contributed by atoms with Crippen molar-refractivity contribution in [3.63, 3.8) is 0 Å². The van der Waals surface area contributed by atoms with Crippen molar-refractivity contribution in [1.29, 1.82) is 0 Å². The van der Waals surface area contributed by atoms with E-state index in [1.54, 1.807) is 19.0 Å². The highest BCUT2D eigenvalue weighted by Crippen LogP contribution is 2.28. The Morgan fingerprint density at radius 2 is 1.83 bits per heavy atom. The maximum Gasteiger partial charge on any atom is 0.253 e. The fourth-order valence-electron chi connectivity index (χ4n) is 3.41. The van der Waals surface area contributed by atoms with Crippen LogP contribution in [0.4, 0.5) is 0 Å². The van der Waals surface area contributed by atoms with E-state index < -0.39 is 0 Å². The molecule has 1 fully saturated rings. The molecule has 1 unspecified atom stereocenters. The van der Waals surface area contributed by atoms with E-state index >= 15 is 0 Å². The van der Waals surface area contributed by atoms with Crippen LogP contribution in [0.3, 0.4) is 0 Å². The molecule has 5 nitrogen and oxygen atoms in total. The van der Waals surface area contributed by atoms with Crippen molar-refractivity contribution in [2.45, 2.75) is 6.10 Å². The van der Waals surface area contributed by atoms with Crippen LogP contribution in [-0.2, 0) is 9.47 Å². The number of ether oxygens (including phenoxy) is 3. The predicted molar refractivity (Wildman–Crippen MR) is 113 cm³/mol. The van der Waals surface area contributed by atoms with Gasteiger partial charge in [-0.2, -0.15) is 0 Å². The van der Waals surface area contributed by atoms with E-state index in [0.717, 1.165) is 27.6 Å². The number of hydrogen-bond donors (Lipinski definition) is 0. The van der Waals surface area contributed by atoms with Gasteiger partial charge in [-0.25, -0.2) is 0 Å². The SMILES string of the molecule is CN(C)C(=O)c1cccc(-c2ccc3ccc(OCC4COCCO4)cc3c2)c1. The molecule has 3 aromatic carbocycles. The van der Waals surface area contributed by atoms with Crippen LogP contribution in [-0.4, -0.2) is 57.4 Å². The van der Waals surface area contributed by atoms with Gasteiger partial charge in [-0.1, -0.05) is 30.3 Å². The van der Waals surface area contributed by atoms with Gasteiger partial charge in [0.15, 0.2) is 0 Å². The Hall–Kier alpha value is -2.89. The number of amides is 1. The lowest BCUT2D eigenvalue weighted by Crippen LogP contribution is -2.33. The molecule has 150 valence electrons. The van der Waals surface area contributed by atoms with Gasteiger partial charge >= 0.3 is 0 Å². The first-order valence-electron chi connectivity index (χ1n) is 9.78. The van der Waals surface area contributed by atoms with Crippen LogP contribution in [0.2, 0.25) is 0 Å². The number of carbonyl (C=O) groups is 1. The molecule has 0 radical (unpaired) electrons. The van der Waals surface area contributed by atoms with Crippen molar-refractivity contribution >= 4 is 16.7 Å². The Balaban J connectivity index is 1.56. The fourth-order valence-corrected chi connectivity index (χ4v) is 3.41. The van der Waals surface area contributed by atoms with Gasteiger partial charge in [0.25, 0.3) is 5.91 Å². The molecule has 3 aromatic rings. The first-order chi connectivity index (χ1) is 14.1. The lowest BCUT2D eigenvalue weighted by atomic mass is 9.99. The summed E-state index contributed by atoms with van der Waals surface area (Å²) in [4.78, 5) is 13.9. The Labute approximate surface area is 170 Å². The lowest BCUT2D eigenvalue weighted by molar-refractivity contribution is -0.101. The molecule has 0 bridgehead atoms. The minimum Gasteiger partial charge on any atom is -0.491 e. The summed E-state index contributed by atoms with van der Waals surface area (Å²) in [6, 6.07) is 20.1. The molecular weight excluding hydrogens is 366 g/mol. The summed E-state index contributed by atoms with van der Waals surface area (Å²) < 4.78 is 17.0. The molecular formula is C24H25NO4. The molecule has 0 saturated carbocycles. The Kier molecular flexibility index (Phi) is 5.79. The van der Waals surface area contributed by atoms with Gasteiger partial charge < -0.3 is 19.1 Å². The third-order valence-corrected chi connectivity index (χ3v) is 4.98. The van der Waals surface area contributed by atoms with Crippen molar-refractivity contribution in [3.8, 4) is 16.9 Å². The number of nitrogens with zero attached hydrogens (tertiary/aromatic N) is 1. The molecule has 4 rings (SSSR count). The smallest absolute Gasteiger partial charge is 0.253 e. The molecule has 1 heterocycles. The van der Waals surface area contributed by atoms with Crippen molar-refractivity contribution in [2.24, 2.45) is 0 Å². The van der Waals surface area contributed by atoms with Crippen molar-refractivity contribution in [1.82, 2.24) is 4.90 Å².